The minimum atomic E-state index is 0.275. The van der Waals surface area contributed by atoms with E-state index >= 15 is 0 Å². The van der Waals surface area contributed by atoms with Gasteiger partial charge in [-0.25, -0.2) is 4.98 Å². The second-order valence-electron chi connectivity index (χ2n) is 6.55. The number of pyridine rings is 1. The second-order valence-corrected chi connectivity index (χ2v) is 7.95. The Kier molecular flexibility index (Phi) is 6.20. The van der Waals surface area contributed by atoms with Gasteiger partial charge in [-0.3, -0.25) is 4.98 Å². The lowest BCUT2D eigenvalue weighted by molar-refractivity contribution is 0.323. The highest BCUT2D eigenvalue weighted by Crippen LogP contribution is 2.31. The Labute approximate surface area is 188 Å². The van der Waals surface area contributed by atoms with Crippen LogP contribution in [0.1, 0.15) is 17.5 Å². The first-order valence-electron chi connectivity index (χ1n) is 9.32. The minimum Gasteiger partial charge on any atom is -0.497 e. The molecule has 0 bridgehead atoms. The highest BCUT2D eigenvalue weighted by Gasteiger charge is 2.13. The van der Waals surface area contributed by atoms with Crippen molar-refractivity contribution in [3.05, 3.63) is 70.5 Å². The van der Waals surface area contributed by atoms with Gasteiger partial charge < -0.3 is 9.57 Å². The summed E-state index contributed by atoms with van der Waals surface area (Å²) < 4.78 is 5.24. The Morgan fingerprint density at radius 2 is 2.00 bits per heavy atom. The van der Waals surface area contributed by atoms with Crippen molar-refractivity contribution < 1.29 is 9.57 Å². The molecule has 0 aliphatic heterocycles. The monoisotopic (exact) mass is 451 g/mol. The van der Waals surface area contributed by atoms with Crippen LogP contribution in [-0.4, -0.2) is 33.0 Å². The molecule has 7 nitrogen and oxygen atoms in total. The van der Waals surface area contributed by atoms with E-state index in [2.05, 4.69) is 25.3 Å². The van der Waals surface area contributed by atoms with Crippen LogP contribution < -0.4 is 9.57 Å². The van der Waals surface area contributed by atoms with E-state index in [1.165, 1.54) is 11.3 Å². The molecule has 0 saturated heterocycles. The molecule has 0 aliphatic carbocycles. The molecule has 0 unspecified atom stereocenters. The zero-order valence-corrected chi connectivity index (χ0v) is 18.6. The molecule has 1 aromatic carbocycles. The van der Waals surface area contributed by atoms with Crippen LogP contribution in [0.25, 0.3) is 21.8 Å². The summed E-state index contributed by atoms with van der Waals surface area (Å²) in [5.41, 5.74) is 3.88. The predicted molar refractivity (Wildman–Crippen MR) is 122 cm³/mol. The molecule has 4 aromatic rings. The van der Waals surface area contributed by atoms with Gasteiger partial charge >= 0.3 is 0 Å². The van der Waals surface area contributed by atoms with Gasteiger partial charge in [0.1, 0.15) is 10.8 Å². The number of benzene rings is 1. The molecule has 0 atom stereocenters. The fourth-order valence-corrected chi connectivity index (χ4v) is 4.05. The molecule has 4 rings (SSSR count). The molecular formula is C22H18ClN5O2S. The highest BCUT2D eigenvalue weighted by atomic mass is 35.5. The third-order valence-electron chi connectivity index (χ3n) is 4.40. The lowest BCUT2D eigenvalue weighted by Gasteiger charge is -2.06. The van der Waals surface area contributed by atoms with Crippen LogP contribution in [0.15, 0.2) is 60.0 Å². The Morgan fingerprint density at radius 1 is 1.13 bits per heavy atom. The van der Waals surface area contributed by atoms with Crippen molar-refractivity contribution in [2.75, 3.05) is 7.11 Å². The molecule has 0 aliphatic rings. The summed E-state index contributed by atoms with van der Waals surface area (Å²) in [7, 11) is 1.60. The number of hydrogen-bond donors (Lipinski definition) is 0. The fraction of sp³-hybridized carbons (Fsp3) is 0.136. The highest BCUT2D eigenvalue weighted by molar-refractivity contribution is 7.17. The number of aromatic nitrogens is 4. The number of thiazole rings is 1. The van der Waals surface area contributed by atoms with Gasteiger partial charge in [0.25, 0.3) is 5.88 Å². The van der Waals surface area contributed by atoms with Gasteiger partial charge in [0, 0.05) is 29.6 Å². The smallest absolute Gasteiger partial charge is 0.267 e. The van der Waals surface area contributed by atoms with Crippen LogP contribution in [0.2, 0.25) is 5.02 Å². The summed E-state index contributed by atoms with van der Waals surface area (Å²) in [5, 5.41) is 13.9. The number of ether oxygens (including phenoxy) is 1. The topological polar surface area (TPSA) is 82.4 Å². The fourth-order valence-electron chi connectivity index (χ4n) is 2.84. The van der Waals surface area contributed by atoms with Crippen molar-refractivity contribution in [3.8, 4) is 33.5 Å². The molecule has 3 aromatic heterocycles. The van der Waals surface area contributed by atoms with Crippen LogP contribution in [0.4, 0.5) is 0 Å². The summed E-state index contributed by atoms with van der Waals surface area (Å²) in [4.78, 5) is 15.2. The standard InChI is InChI=1S/C22H18ClN5O2S/c1-13-21(31-22(25-13)15-5-4-10-24-12-15)14(2)28-30-20-9-8-19(26-27-20)17-11-16(29-3)6-7-18(17)23/h4-12H,1-3H3/b28-14+. The van der Waals surface area contributed by atoms with Crippen molar-refractivity contribution in [2.24, 2.45) is 5.16 Å². The number of hydrogen-bond acceptors (Lipinski definition) is 8. The minimum absolute atomic E-state index is 0.275. The van der Waals surface area contributed by atoms with E-state index in [4.69, 9.17) is 21.2 Å². The van der Waals surface area contributed by atoms with Crippen molar-refractivity contribution in [1.82, 2.24) is 20.2 Å². The van der Waals surface area contributed by atoms with E-state index in [1.54, 1.807) is 43.8 Å². The summed E-state index contributed by atoms with van der Waals surface area (Å²) in [5.74, 6) is 0.962. The van der Waals surface area contributed by atoms with Crippen LogP contribution in [0.5, 0.6) is 11.6 Å². The quantitative estimate of drug-likeness (QED) is 0.287. The van der Waals surface area contributed by atoms with E-state index in [9.17, 15) is 0 Å². The van der Waals surface area contributed by atoms with Gasteiger partial charge in [-0.1, -0.05) is 16.8 Å². The van der Waals surface area contributed by atoms with E-state index in [1.807, 2.05) is 32.0 Å². The van der Waals surface area contributed by atoms with Crippen LogP contribution >= 0.6 is 22.9 Å². The molecule has 156 valence electrons. The van der Waals surface area contributed by atoms with E-state index in [0.717, 1.165) is 26.7 Å². The van der Waals surface area contributed by atoms with Gasteiger partial charge in [0.15, 0.2) is 0 Å². The maximum absolute atomic E-state index is 6.27. The van der Waals surface area contributed by atoms with Gasteiger partial charge in [-0.2, -0.15) is 0 Å². The molecule has 0 amide bonds. The Hall–Kier alpha value is -3.36. The van der Waals surface area contributed by atoms with E-state index < -0.39 is 0 Å². The van der Waals surface area contributed by atoms with E-state index in [-0.39, 0.29) is 5.88 Å². The van der Waals surface area contributed by atoms with Crippen molar-refractivity contribution in [1.29, 1.82) is 0 Å². The normalized spacial score (nSPS) is 11.4. The molecule has 0 N–H and O–H groups in total. The van der Waals surface area contributed by atoms with E-state index in [0.29, 0.717) is 22.2 Å². The Bertz CT molecular complexity index is 1230. The number of halogens is 1. The zero-order chi connectivity index (χ0) is 21.8. The SMILES string of the molecule is COc1ccc(Cl)c(-c2ccc(O/N=C(\C)c3sc(-c4cccnc4)nc3C)nn2)c1. The third kappa shape index (κ3) is 4.70. The number of nitrogens with zero attached hydrogens (tertiary/aromatic N) is 5. The van der Waals surface area contributed by atoms with Gasteiger partial charge in [0.2, 0.25) is 0 Å². The van der Waals surface area contributed by atoms with Gasteiger partial charge in [-0.15, -0.1) is 21.5 Å². The first kappa shape index (κ1) is 20.9. The van der Waals surface area contributed by atoms with Crippen molar-refractivity contribution in [2.45, 2.75) is 13.8 Å². The lowest BCUT2D eigenvalue weighted by Crippen LogP contribution is -1.99. The maximum atomic E-state index is 6.27. The number of methoxy groups -OCH3 is 1. The number of rotatable bonds is 6. The summed E-state index contributed by atoms with van der Waals surface area (Å²) >= 11 is 7.81. The van der Waals surface area contributed by atoms with Gasteiger partial charge in [0.05, 0.1) is 34.1 Å². The van der Waals surface area contributed by atoms with Crippen molar-refractivity contribution in [3.63, 3.8) is 0 Å². The predicted octanol–water partition coefficient (Wildman–Crippen LogP) is 5.44. The average Bonchev–Trinajstić information content (AvgIpc) is 3.20. The van der Waals surface area contributed by atoms with Crippen LogP contribution in [-0.2, 0) is 0 Å². The van der Waals surface area contributed by atoms with Crippen LogP contribution in [0.3, 0.4) is 0 Å². The first-order chi connectivity index (χ1) is 15.0. The summed E-state index contributed by atoms with van der Waals surface area (Å²) in [6.45, 7) is 3.81. The largest absolute Gasteiger partial charge is 0.497 e. The molecule has 0 radical (unpaired) electrons. The molecule has 9 heteroatoms. The molecule has 31 heavy (non-hydrogen) atoms. The third-order valence-corrected chi connectivity index (χ3v) is 6.04. The number of aryl methyl sites for hydroxylation is 1. The Balaban J connectivity index is 1.51. The zero-order valence-electron chi connectivity index (χ0n) is 17.0. The molecular weight excluding hydrogens is 434 g/mol. The summed E-state index contributed by atoms with van der Waals surface area (Å²) in [6, 6.07) is 12.7. The summed E-state index contributed by atoms with van der Waals surface area (Å²) in [6.07, 6.45) is 3.52. The van der Waals surface area contributed by atoms with Crippen LogP contribution in [0, 0.1) is 6.92 Å². The molecule has 0 saturated carbocycles. The second kappa shape index (κ2) is 9.20. The molecule has 0 fully saturated rings. The molecule has 3 heterocycles. The maximum Gasteiger partial charge on any atom is 0.267 e. The van der Waals surface area contributed by atoms with Gasteiger partial charge in [-0.05, 0) is 50.2 Å². The average molecular weight is 452 g/mol. The lowest BCUT2D eigenvalue weighted by atomic mass is 10.1. The number of oxime groups is 1. The molecule has 0 spiro atoms. The Morgan fingerprint density at radius 3 is 2.71 bits per heavy atom. The van der Waals surface area contributed by atoms with Crippen molar-refractivity contribution >= 4 is 28.6 Å². The first-order valence-corrected chi connectivity index (χ1v) is 10.5.